The molecule has 0 spiro atoms. The minimum Gasteiger partial charge on any atom is -0.507 e. The van der Waals surface area contributed by atoms with E-state index in [1.807, 2.05) is 53.7 Å². The standard InChI is InChI=1S/2C14H21NO3.C6H14O4/c2*1-14(2,3)11-7-9(4-5-12(16)17)6-10(8-15)13(11)18;7-1-3-9-5-6-10-4-2-8/h2*6-7,18H,4-5,8,15H2,1-3H3,(H,16,17);7-8H,1-6H2. The average molecular weight is 653 g/mol. The van der Waals surface area contributed by atoms with Gasteiger partial charge >= 0.3 is 11.9 Å². The fourth-order valence-corrected chi connectivity index (χ4v) is 4.22. The van der Waals surface area contributed by atoms with Crippen LogP contribution in [0, 0.1) is 0 Å². The van der Waals surface area contributed by atoms with Gasteiger partial charge in [-0.3, -0.25) is 9.59 Å². The maximum Gasteiger partial charge on any atom is 0.303 e. The van der Waals surface area contributed by atoms with E-state index in [4.69, 9.17) is 41.4 Å². The number of phenols is 2. The van der Waals surface area contributed by atoms with Gasteiger partial charge in [0.2, 0.25) is 0 Å². The molecular formula is C34H56N2O10. The highest BCUT2D eigenvalue weighted by Gasteiger charge is 2.22. The summed E-state index contributed by atoms with van der Waals surface area (Å²) in [4.78, 5) is 21.2. The topological polar surface area (TPSA) is 226 Å². The predicted molar refractivity (Wildman–Crippen MR) is 177 cm³/mol. The Morgan fingerprint density at radius 3 is 1.20 bits per heavy atom. The Balaban J connectivity index is 0.000000691. The summed E-state index contributed by atoms with van der Waals surface area (Å²) in [6.45, 7) is 14.2. The van der Waals surface area contributed by atoms with Gasteiger partial charge in [0.15, 0.2) is 0 Å². The molecule has 262 valence electrons. The number of aliphatic hydroxyl groups excluding tert-OH is 2. The summed E-state index contributed by atoms with van der Waals surface area (Å²) < 4.78 is 9.75. The lowest BCUT2D eigenvalue weighted by Crippen LogP contribution is -2.14. The highest BCUT2D eigenvalue weighted by Crippen LogP contribution is 2.35. The number of carboxylic acids is 2. The summed E-state index contributed by atoms with van der Waals surface area (Å²) >= 11 is 0. The van der Waals surface area contributed by atoms with Crippen molar-refractivity contribution in [1.82, 2.24) is 0 Å². The van der Waals surface area contributed by atoms with E-state index in [0.717, 1.165) is 22.3 Å². The molecule has 0 atom stereocenters. The van der Waals surface area contributed by atoms with Gasteiger partial charge in [0.05, 0.1) is 39.6 Å². The quantitative estimate of drug-likeness (QED) is 0.130. The van der Waals surface area contributed by atoms with Crippen molar-refractivity contribution in [3.05, 3.63) is 57.6 Å². The summed E-state index contributed by atoms with van der Waals surface area (Å²) in [5, 5.41) is 54.2. The maximum atomic E-state index is 10.6. The predicted octanol–water partition coefficient (Wildman–Crippen LogP) is 3.34. The second-order valence-corrected chi connectivity index (χ2v) is 12.7. The van der Waals surface area contributed by atoms with E-state index in [2.05, 4.69) is 0 Å². The third-order valence-electron chi connectivity index (χ3n) is 6.65. The number of nitrogens with two attached hydrogens (primary N) is 2. The second kappa shape index (κ2) is 21.5. The minimum absolute atomic E-state index is 0.0417. The molecule has 0 radical (unpaired) electrons. The molecule has 2 aromatic carbocycles. The van der Waals surface area contributed by atoms with Crippen LogP contribution in [0.1, 0.15) is 87.8 Å². The van der Waals surface area contributed by atoms with E-state index in [1.54, 1.807) is 12.1 Å². The van der Waals surface area contributed by atoms with Gasteiger partial charge in [-0.2, -0.15) is 0 Å². The monoisotopic (exact) mass is 652 g/mol. The lowest BCUT2D eigenvalue weighted by Gasteiger charge is -2.23. The Morgan fingerprint density at radius 2 is 0.957 bits per heavy atom. The first-order chi connectivity index (χ1) is 21.4. The number of rotatable bonds is 15. The molecule has 0 bridgehead atoms. The van der Waals surface area contributed by atoms with Crippen molar-refractivity contribution in [3.8, 4) is 11.5 Å². The number of aromatic hydroxyl groups is 2. The molecule has 0 heterocycles. The number of aliphatic carboxylic acids is 2. The van der Waals surface area contributed by atoms with Crippen molar-refractivity contribution in [3.63, 3.8) is 0 Å². The largest absolute Gasteiger partial charge is 0.507 e. The second-order valence-electron chi connectivity index (χ2n) is 12.7. The first kappa shape index (κ1) is 42.7. The summed E-state index contributed by atoms with van der Waals surface area (Å²) in [5.74, 6) is -1.20. The van der Waals surface area contributed by atoms with Crippen molar-refractivity contribution in [2.75, 3.05) is 39.6 Å². The van der Waals surface area contributed by atoms with Crippen LogP contribution in [0.25, 0.3) is 0 Å². The van der Waals surface area contributed by atoms with Crippen LogP contribution in [0.3, 0.4) is 0 Å². The van der Waals surface area contributed by atoms with Crippen molar-refractivity contribution in [1.29, 1.82) is 0 Å². The molecule has 0 fully saturated rings. The summed E-state index contributed by atoms with van der Waals surface area (Å²) in [6.07, 6.45) is 1.06. The minimum atomic E-state index is -0.824. The number of phenolic OH excluding ortho intramolecular Hbond substituents is 2. The number of carboxylic acid groups (broad SMARTS) is 2. The first-order valence-corrected chi connectivity index (χ1v) is 15.3. The van der Waals surface area contributed by atoms with Crippen LogP contribution < -0.4 is 11.5 Å². The number of hydrogen-bond donors (Lipinski definition) is 8. The molecule has 0 aromatic heterocycles. The summed E-state index contributed by atoms with van der Waals surface area (Å²) in [5.41, 5.74) is 15.6. The molecule has 0 aliphatic rings. The zero-order chi connectivity index (χ0) is 35.5. The maximum absolute atomic E-state index is 10.6. The number of benzene rings is 2. The van der Waals surface area contributed by atoms with E-state index in [0.29, 0.717) is 50.4 Å². The highest BCUT2D eigenvalue weighted by molar-refractivity contribution is 5.67. The van der Waals surface area contributed by atoms with Gasteiger partial charge in [-0.15, -0.1) is 0 Å². The van der Waals surface area contributed by atoms with Crippen LogP contribution >= 0.6 is 0 Å². The SMILES string of the molecule is CC(C)(C)c1cc(CCC(=O)O)cc(CN)c1O.CC(C)(C)c1cc(CCC(=O)O)cc(CN)c1O.OCCOCCOCCO. The Kier molecular flexibility index (Phi) is 20.0. The summed E-state index contributed by atoms with van der Waals surface area (Å²) in [6, 6.07) is 7.32. The third kappa shape index (κ3) is 16.9. The van der Waals surface area contributed by atoms with Crippen LogP contribution in [-0.2, 0) is 55.8 Å². The van der Waals surface area contributed by atoms with Crippen molar-refractivity contribution in [2.45, 2.75) is 91.1 Å². The number of aryl methyl sites for hydroxylation is 2. The van der Waals surface area contributed by atoms with E-state index in [9.17, 15) is 19.8 Å². The summed E-state index contributed by atoms with van der Waals surface area (Å²) in [7, 11) is 0. The van der Waals surface area contributed by atoms with Crippen LogP contribution in [0.15, 0.2) is 24.3 Å². The Morgan fingerprint density at radius 1 is 0.630 bits per heavy atom. The van der Waals surface area contributed by atoms with Crippen molar-refractivity contribution >= 4 is 11.9 Å². The fraction of sp³-hybridized carbons (Fsp3) is 0.588. The van der Waals surface area contributed by atoms with Gasteiger partial charge in [0.25, 0.3) is 0 Å². The van der Waals surface area contributed by atoms with Gasteiger partial charge in [-0.05, 0) is 45.9 Å². The normalized spacial score (nSPS) is 11.3. The zero-order valence-corrected chi connectivity index (χ0v) is 28.3. The zero-order valence-electron chi connectivity index (χ0n) is 28.3. The lowest BCUT2D eigenvalue weighted by atomic mass is 9.83. The Labute approximate surface area is 273 Å². The van der Waals surface area contributed by atoms with Gasteiger partial charge in [0, 0.05) is 37.1 Å². The van der Waals surface area contributed by atoms with Crippen LogP contribution in [-0.4, -0.2) is 82.2 Å². The number of carbonyl (C=O) groups is 2. The van der Waals surface area contributed by atoms with E-state index in [1.165, 1.54) is 0 Å². The van der Waals surface area contributed by atoms with Crippen LogP contribution in [0.5, 0.6) is 11.5 Å². The van der Waals surface area contributed by atoms with Crippen LogP contribution in [0.2, 0.25) is 0 Å². The van der Waals surface area contributed by atoms with Crippen LogP contribution in [0.4, 0.5) is 0 Å². The lowest BCUT2D eigenvalue weighted by molar-refractivity contribution is -0.138. The van der Waals surface area contributed by atoms with Gasteiger partial charge in [-0.25, -0.2) is 0 Å². The Hall–Kier alpha value is -3.26. The average Bonchev–Trinajstić information content (AvgIpc) is 2.97. The molecule has 0 aliphatic carbocycles. The fourth-order valence-electron chi connectivity index (χ4n) is 4.22. The molecule has 12 nitrogen and oxygen atoms in total. The van der Waals surface area contributed by atoms with Crippen molar-refractivity contribution in [2.24, 2.45) is 11.5 Å². The van der Waals surface area contributed by atoms with Gasteiger partial charge in [0.1, 0.15) is 11.5 Å². The Bertz CT molecular complexity index is 1110. The molecule has 10 N–H and O–H groups in total. The highest BCUT2D eigenvalue weighted by atomic mass is 16.5. The molecular weight excluding hydrogens is 596 g/mol. The molecule has 0 unspecified atom stereocenters. The molecule has 0 amide bonds. The molecule has 46 heavy (non-hydrogen) atoms. The number of aliphatic hydroxyl groups is 2. The van der Waals surface area contributed by atoms with Gasteiger partial charge < -0.3 is 51.6 Å². The van der Waals surface area contributed by atoms with Gasteiger partial charge in [-0.1, -0.05) is 65.8 Å². The number of ether oxygens (including phenoxy) is 2. The molecule has 12 heteroatoms. The van der Waals surface area contributed by atoms with Crippen molar-refractivity contribution < 1.29 is 49.7 Å². The molecule has 2 rings (SSSR count). The molecule has 0 saturated heterocycles. The molecule has 0 saturated carbocycles. The molecule has 0 aliphatic heterocycles. The number of hydrogen-bond acceptors (Lipinski definition) is 10. The molecule has 2 aromatic rings. The van der Waals surface area contributed by atoms with E-state index < -0.39 is 11.9 Å². The van der Waals surface area contributed by atoms with E-state index >= 15 is 0 Å². The van der Waals surface area contributed by atoms with E-state index in [-0.39, 0.29) is 61.5 Å². The third-order valence-corrected chi connectivity index (χ3v) is 6.65. The first-order valence-electron chi connectivity index (χ1n) is 15.3. The smallest absolute Gasteiger partial charge is 0.303 e.